The second-order valence-corrected chi connectivity index (χ2v) is 6.90. The quantitative estimate of drug-likeness (QED) is 0.459. The van der Waals surface area contributed by atoms with Crippen molar-refractivity contribution < 1.29 is 4.74 Å². The van der Waals surface area contributed by atoms with Crippen molar-refractivity contribution in [1.82, 2.24) is 15.2 Å². The van der Waals surface area contributed by atoms with Gasteiger partial charge < -0.3 is 15.0 Å². The number of ether oxygens (including phenoxy) is 1. The van der Waals surface area contributed by atoms with Crippen molar-refractivity contribution in [3.63, 3.8) is 0 Å². The van der Waals surface area contributed by atoms with E-state index in [1.165, 1.54) is 5.56 Å². The molecule has 0 unspecified atom stereocenters. The van der Waals surface area contributed by atoms with E-state index in [4.69, 9.17) is 4.74 Å². The first-order valence-electron chi connectivity index (χ1n) is 9.75. The van der Waals surface area contributed by atoms with E-state index in [1.807, 2.05) is 84.7 Å². The van der Waals surface area contributed by atoms with E-state index < -0.39 is 0 Å². The molecule has 0 aliphatic carbocycles. The molecule has 0 bridgehead atoms. The van der Waals surface area contributed by atoms with E-state index in [0.29, 0.717) is 12.6 Å². The van der Waals surface area contributed by atoms with E-state index in [9.17, 15) is 0 Å². The summed E-state index contributed by atoms with van der Waals surface area (Å²) in [5.41, 5.74) is 3.21. The lowest BCUT2D eigenvalue weighted by Gasteiger charge is -2.18. The predicted molar refractivity (Wildman–Crippen MR) is 119 cm³/mol. The Kier molecular flexibility index (Phi) is 6.15. The van der Waals surface area contributed by atoms with Gasteiger partial charge in [0, 0.05) is 19.3 Å². The smallest absolute Gasteiger partial charge is 0.249 e. The van der Waals surface area contributed by atoms with Crippen LogP contribution in [-0.2, 0) is 13.2 Å². The summed E-state index contributed by atoms with van der Waals surface area (Å²) < 4.78 is 5.83. The van der Waals surface area contributed by atoms with Crippen LogP contribution in [0.3, 0.4) is 0 Å². The molecule has 0 amide bonds. The van der Waals surface area contributed by atoms with Crippen molar-refractivity contribution in [2.24, 2.45) is 0 Å². The van der Waals surface area contributed by atoms with Crippen molar-refractivity contribution in [3.8, 4) is 5.75 Å². The highest BCUT2D eigenvalue weighted by Crippen LogP contribution is 2.20. The van der Waals surface area contributed by atoms with Gasteiger partial charge in [-0.05, 0) is 35.4 Å². The predicted octanol–water partition coefficient (Wildman–Crippen LogP) is 4.83. The van der Waals surface area contributed by atoms with Crippen LogP contribution in [0.15, 0.2) is 91.1 Å². The Balaban J connectivity index is 1.36. The van der Waals surface area contributed by atoms with Gasteiger partial charge >= 0.3 is 0 Å². The Morgan fingerprint density at radius 3 is 2.20 bits per heavy atom. The third-order valence-electron chi connectivity index (χ3n) is 4.56. The molecule has 4 aromatic rings. The molecule has 0 fully saturated rings. The van der Waals surface area contributed by atoms with E-state index >= 15 is 0 Å². The Morgan fingerprint density at radius 1 is 0.833 bits per heavy atom. The maximum absolute atomic E-state index is 5.83. The van der Waals surface area contributed by atoms with Crippen LogP contribution in [-0.4, -0.2) is 22.2 Å². The van der Waals surface area contributed by atoms with Crippen LogP contribution in [0, 0.1) is 0 Å². The monoisotopic (exact) mass is 397 g/mol. The maximum Gasteiger partial charge on any atom is 0.249 e. The molecule has 0 spiro atoms. The Hall–Kier alpha value is -3.93. The van der Waals surface area contributed by atoms with Crippen molar-refractivity contribution in [3.05, 3.63) is 102 Å². The number of benzene rings is 3. The Morgan fingerprint density at radius 2 is 1.50 bits per heavy atom. The molecule has 3 aromatic carbocycles. The first kappa shape index (κ1) is 19.4. The highest BCUT2D eigenvalue weighted by atomic mass is 16.5. The van der Waals surface area contributed by atoms with Gasteiger partial charge in [0.25, 0.3) is 0 Å². The third-order valence-corrected chi connectivity index (χ3v) is 4.56. The van der Waals surface area contributed by atoms with Gasteiger partial charge in [0.2, 0.25) is 5.95 Å². The average Bonchev–Trinajstić information content (AvgIpc) is 2.80. The van der Waals surface area contributed by atoms with Gasteiger partial charge in [-0.25, -0.2) is 0 Å². The molecule has 1 N–H and O–H groups in total. The van der Waals surface area contributed by atoms with Gasteiger partial charge in [0.05, 0.1) is 6.20 Å². The van der Waals surface area contributed by atoms with Gasteiger partial charge in [-0.1, -0.05) is 60.7 Å². The lowest BCUT2D eigenvalue weighted by molar-refractivity contribution is 0.306. The molecular weight excluding hydrogens is 374 g/mol. The summed E-state index contributed by atoms with van der Waals surface area (Å²) in [5.74, 6) is 2.00. The molecule has 0 aliphatic heterocycles. The van der Waals surface area contributed by atoms with Crippen molar-refractivity contribution in [2.45, 2.75) is 13.2 Å². The van der Waals surface area contributed by atoms with Crippen LogP contribution in [0.1, 0.15) is 11.1 Å². The number of aromatic nitrogens is 3. The zero-order chi connectivity index (χ0) is 20.6. The highest BCUT2D eigenvalue weighted by Gasteiger charge is 2.07. The fraction of sp³-hybridized carbons (Fsp3) is 0.125. The molecule has 0 radical (unpaired) electrons. The first-order valence-corrected chi connectivity index (χ1v) is 9.75. The third kappa shape index (κ3) is 5.32. The minimum atomic E-state index is 0.449. The normalized spacial score (nSPS) is 10.4. The molecule has 6 heteroatoms. The van der Waals surface area contributed by atoms with Gasteiger partial charge in [-0.3, -0.25) is 0 Å². The zero-order valence-corrected chi connectivity index (χ0v) is 16.8. The molecule has 4 rings (SSSR count). The summed E-state index contributed by atoms with van der Waals surface area (Å²) >= 11 is 0. The number of hydrogen-bond acceptors (Lipinski definition) is 6. The summed E-state index contributed by atoms with van der Waals surface area (Å²) in [6.07, 6.45) is 1.66. The number of hydrogen-bond donors (Lipinski definition) is 1. The van der Waals surface area contributed by atoms with Crippen molar-refractivity contribution in [1.29, 1.82) is 0 Å². The standard InChI is InChI=1S/C24H23N5O/c1-29(17-19-8-4-2-5-9-19)23-16-25-28-24(27-23)26-21-12-14-22(15-13-21)30-18-20-10-6-3-7-11-20/h2-16H,17-18H2,1H3,(H,26,27,28). The molecule has 150 valence electrons. The second-order valence-electron chi connectivity index (χ2n) is 6.90. The topological polar surface area (TPSA) is 63.2 Å². The molecule has 1 aromatic heterocycles. The van der Waals surface area contributed by atoms with Crippen molar-refractivity contribution in [2.75, 3.05) is 17.3 Å². The van der Waals surface area contributed by atoms with Crippen LogP contribution in [0.5, 0.6) is 5.75 Å². The van der Waals surface area contributed by atoms with Crippen LogP contribution < -0.4 is 15.0 Å². The summed E-state index contributed by atoms with van der Waals surface area (Å²) in [4.78, 5) is 6.61. The minimum Gasteiger partial charge on any atom is -0.489 e. The molecule has 0 aliphatic rings. The number of rotatable bonds is 8. The van der Waals surface area contributed by atoms with Crippen LogP contribution in [0.25, 0.3) is 0 Å². The number of nitrogens with one attached hydrogen (secondary N) is 1. The maximum atomic E-state index is 5.83. The molecule has 0 atom stereocenters. The molecule has 0 saturated carbocycles. The SMILES string of the molecule is CN(Cc1ccccc1)c1cnnc(Nc2ccc(OCc3ccccc3)cc2)n1. The fourth-order valence-electron chi connectivity index (χ4n) is 2.97. The van der Waals surface area contributed by atoms with E-state index in [-0.39, 0.29) is 0 Å². The van der Waals surface area contributed by atoms with Gasteiger partial charge in [-0.2, -0.15) is 10.1 Å². The summed E-state index contributed by atoms with van der Waals surface area (Å²) in [7, 11) is 1.99. The lowest BCUT2D eigenvalue weighted by Crippen LogP contribution is -2.18. The molecule has 0 saturated heterocycles. The Labute approximate surface area is 176 Å². The van der Waals surface area contributed by atoms with E-state index in [2.05, 4.69) is 32.6 Å². The second kappa shape index (κ2) is 9.52. The lowest BCUT2D eigenvalue weighted by atomic mass is 10.2. The van der Waals surface area contributed by atoms with Crippen LogP contribution in [0.2, 0.25) is 0 Å². The number of nitrogens with zero attached hydrogens (tertiary/aromatic N) is 4. The molecule has 1 heterocycles. The van der Waals surface area contributed by atoms with E-state index in [0.717, 1.165) is 29.4 Å². The summed E-state index contributed by atoms with van der Waals surface area (Å²) in [6.45, 7) is 1.28. The highest BCUT2D eigenvalue weighted by molar-refractivity contribution is 5.55. The van der Waals surface area contributed by atoms with Gasteiger partial charge in [0.15, 0.2) is 5.82 Å². The molecule has 30 heavy (non-hydrogen) atoms. The number of anilines is 3. The summed E-state index contributed by atoms with van der Waals surface area (Å²) in [6, 6.07) is 28.0. The first-order chi connectivity index (χ1) is 14.8. The molecular formula is C24H23N5O. The van der Waals surface area contributed by atoms with Gasteiger partial charge in [-0.15, -0.1) is 5.10 Å². The minimum absolute atomic E-state index is 0.449. The van der Waals surface area contributed by atoms with Crippen LogP contribution >= 0.6 is 0 Å². The fourth-order valence-corrected chi connectivity index (χ4v) is 2.97. The summed E-state index contributed by atoms with van der Waals surface area (Å²) in [5, 5.41) is 11.4. The largest absolute Gasteiger partial charge is 0.489 e. The average molecular weight is 397 g/mol. The molecule has 6 nitrogen and oxygen atoms in total. The van der Waals surface area contributed by atoms with E-state index in [1.54, 1.807) is 6.20 Å². The Bertz CT molecular complexity index is 1060. The van der Waals surface area contributed by atoms with Gasteiger partial charge in [0.1, 0.15) is 12.4 Å². The van der Waals surface area contributed by atoms with Crippen LogP contribution in [0.4, 0.5) is 17.5 Å². The zero-order valence-electron chi connectivity index (χ0n) is 16.8. The van der Waals surface area contributed by atoms with Crippen molar-refractivity contribution >= 4 is 17.5 Å².